The number of aromatic nitrogens is 2. The van der Waals surface area contributed by atoms with Gasteiger partial charge in [-0.1, -0.05) is 12.1 Å². The second kappa shape index (κ2) is 8.05. The van der Waals surface area contributed by atoms with E-state index in [1.165, 1.54) is 5.56 Å². The van der Waals surface area contributed by atoms with Gasteiger partial charge < -0.3 is 14.4 Å². The number of rotatable bonds is 6. The molecule has 0 N–H and O–H groups in total. The summed E-state index contributed by atoms with van der Waals surface area (Å²) in [5.74, 6) is 1.70. The first-order valence-corrected chi connectivity index (χ1v) is 10.1. The van der Waals surface area contributed by atoms with Crippen molar-refractivity contribution in [1.29, 1.82) is 0 Å². The van der Waals surface area contributed by atoms with Crippen molar-refractivity contribution in [2.24, 2.45) is 0 Å². The van der Waals surface area contributed by atoms with E-state index in [1.54, 1.807) is 6.20 Å². The van der Waals surface area contributed by atoms with E-state index < -0.39 is 0 Å². The second-order valence-corrected chi connectivity index (χ2v) is 8.11. The topological polar surface area (TPSA) is 50.7 Å². The van der Waals surface area contributed by atoms with Crippen molar-refractivity contribution in [2.75, 3.05) is 32.6 Å². The van der Waals surface area contributed by atoms with Crippen molar-refractivity contribution in [3.8, 4) is 5.88 Å². The van der Waals surface area contributed by atoms with E-state index in [-0.39, 0.29) is 11.7 Å². The maximum Gasteiger partial charge on any atom is 0.213 e. The number of ether oxygens (including phenoxy) is 2. The fourth-order valence-electron chi connectivity index (χ4n) is 4.65. The number of hydrogen-bond acceptors (Lipinski definition) is 6. The Morgan fingerprint density at radius 1 is 1.18 bits per heavy atom. The van der Waals surface area contributed by atoms with Gasteiger partial charge in [0, 0.05) is 65.2 Å². The quantitative estimate of drug-likeness (QED) is 0.765. The van der Waals surface area contributed by atoms with E-state index in [0.29, 0.717) is 11.9 Å². The smallest absolute Gasteiger partial charge is 0.213 e. The summed E-state index contributed by atoms with van der Waals surface area (Å²) in [6.07, 6.45) is 8.03. The molecular weight excluding hydrogens is 352 g/mol. The van der Waals surface area contributed by atoms with Crippen LogP contribution < -0.4 is 9.64 Å². The van der Waals surface area contributed by atoms with E-state index in [2.05, 4.69) is 27.0 Å². The van der Waals surface area contributed by atoms with Crippen molar-refractivity contribution >= 4 is 5.82 Å². The molecule has 3 atom stereocenters. The standard InChI is InChI=1S/C22H30N4O2/c1-25(2)20-8-7-17(15-24-20)16-26-13-11-22(27-3)10-9-18(14-19(22)26)28-21-6-4-5-12-23-21/h4-8,12,15,18-19H,9-11,13-14,16H2,1-3H3/t18?,19?,22-/m1/s1. The Labute approximate surface area is 167 Å². The van der Waals surface area contributed by atoms with Crippen molar-refractivity contribution in [1.82, 2.24) is 14.9 Å². The second-order valence-electron chi connectivity index (χ2n) is 8.11. The molecule has 6 heteroatoms. The number of methoxy groups -OCH3 is 1. The first-order chi connectivity index (χ1) is 13.6. The molecule has 1 aliphatic carbocycles. The highest BCUT2D eigenvalue weighted by Crippen LogP contribution is 2.43. The normalized spacial score (nSPS) is 27.4. The van der Waals surface area contributed by atoms with Crippen LogP contribution in [0.1, 0.15) is 31.2 Å². The lowest BCUT2D eigenvalue weighted by Gasteiger charge is -2.43. The summed E-state index contributed by atoms with van der Waals surface area (Å²) in [7, 11) is 5.89. The molecule has 0 spiro atoms. The molecule has 2 aliphatic rings. The first kappa shape index (κ1) is 19.2. The number of pyridine rings is 2. The molecule has 28 heavy (non-hydrogen) atoms. The van der Waals surface area contributed by atoms with Crippen LogP contribution in [-0.2, 0) is 11.3 Å². The third-order valence-corrected chi connectivity index (χ3v) is 6.23. The summed E-state index contributed by atoms with van der Waals surface area (Å²) in [5.41, 5.74) is 1.19. The Hall–Kier alpha value is -2.18. The van der Waals surface area contributed by atoms with E-state index in [4.69, 9.17) is 9.47 Å². The zero-order valence-corrected chi connectivity index (χ0v) is 17.0. The van der Waals surface area contributed by atoms with Gasteiger partial charge in [0.15, 0.2) is 0 Å². The molecule has 0 aromatic carbocycles. The van der Waals surface area contributed by atoms with Crippen molar-refractivity contribution in [2.45, 2.75) is 50.0 Å². The summed E-state index contributed by atoms with van der Waals surface area (Å²) in [6, 6.07) is 10.4. The van der Waals surface area contributed by atoms with Gasteiger partial charge in [0.1, 0.15) is 11.9 Å². The van der Waals surface area contributed by atoms with Crippen LogP contribution in [0.25, 0.3) is 0 Å². The van der Waals surface area contributed by atoms with Crippen molar-refractivity contribution < 1.29 is 9.47 Å². The van der Waals surface area contributed by atoms with Gasteiger partial charge in [0.05, 0.1) is 5.60 Å². The molecule has 0 radical (unpaired) electrons. The zero-order valence-electron chi connectivity index (χ0n) is 17.0. The molecule has 2 aromatic rings. The van der Waals surface area contributed by atoms with Gasteiger partial charge >= 0.3 is 0 Å². The molecule has 1 aliphatic heterocycles. The Bertz CT molecular complexity index is 768. The number of nitrogens with zero attached hydrogens (tertiary/aromatic N) is 4. The Morgan fingerprint density at radius 2 is 2.07 bits per heavy atom. The third-order valence-electron chi connectivity index (χ3n) is 6.23. The highest BCUT2D eigenvalue weighted by molar-refractivity contribution is 5.37. The minimum absolute atomic E-state index is 0.0546. The molecule has 0 amide bonds. The lowest BCUT2D eigenvalue weighted by atomic mass is 9.79. The number of fused-ring (bicyclic) bond motifs is 1. The Kier molecular flexibility index (Phi) is 5.51. The maximum absolute atomic E-state index is 6.18. The van der Waals surface area contributed by atoms with E-state index in [9.17, 15) is 0 Å². The van der Waals surface area contributed by atoms with Crippen LogP contribution in [0, 0.1) is 0 Å². The largest absolute Gasteiger partial charge is 0.474 e. The maximum atomic E-state index is 6.18. The van der Waals surface area contributed by atoms with Crippen molar-refractivity contribution in [3.63, 3.8) is 0 Å². The molecule has 150 valence electrons. The van der Waals surface area contributed by atoms with Crippen LogP contribution in [0.3, 0.4) is 0 Å². The molecule has 4 rings (SSSR count). The molecule has 1 saturated carbocycles. The van der Waals surface area contributed by atoms with E-state index in [1.807, 2.05) is 50.5 Å². The van der Waals surface area contributed by atoms with E-state index in [0.717, 1.165) is 44.6 Å². The third kappa shape index (κ3) is 3.84. The van der Waals surface area contributed by atoms with Gasteiger partial charge in [-0.3, -0.25) is 4.90 Å². The summed E-state index contributed by atoms with van der Waals surface area (Å²) < 4.78 is 12.3. The monoisotopic (exact) mass is 382 g/mol. The van der Waals surface area contributed by atoms with Crippen LogP contribution in [0.5, 0.6) is 5.88 Å². The molecule has 2 unspecified atom stereocenters. The summed E-state index contributed by atoms with van der Waals surface area (Å²) in [4.78, 5) is 13.5. The SMILES string of the molecule is CO[C@@]12CCC(Oc3ccccn3)CC1N(Cc1ccc(N(C)C)nc1)CC2. The lowest BCUT2D eigenvalue weighted by Crippen LogP contribution is -2.52. The zero-order chi connectivity index (χ0) is 19.6. The Balaban J connectivity index is 1.46. The minimum atomic E-state index is -0.0546. The summed E-state index contributed by atoms with van der Waals surface area (Å²) in [5, 5.41) is 0. The fraction of sp³-hybridized carbons (Fsp3) is 0.545. The Morgan fingerprint density at radius 3 is 2.75 bits per heavy atom. The van der Waals surface area contributed by atoms with Crippen molar-refractivity contribution in [3.05, 3.63) is 48.3 Å². The molecule has 3 heterocycles. The summed E-state index contributed by atoms with van der Waals surface area (Å²) in [6.45, 7) is 1.94. The first-order valence-electron chi connectivity index (χ1n) is 10.1. The van der Waals surface area contributed by atoms with Crippen LogP contribution in [0.4, 0.5) is 5.82 Å². The van der Waals surface area contributed by atoms with Crippen LogP contribution in [-0.4, -0.2) is 60.4 Å². The minimum Gasteiger partial charge on any atom is -0.474 e. The predicted molar refractivity (Wildman–Crippen MR) is 110 cm³/mol. The van der Waals surface area contributed by atoms with Gasteiger partial charge in [0.25, 0.3) is 0 Å². The van der Waals surface area contributed by atoms with Crippen LogP contribution in [0.2, 0.25) is 0 Å². The number of hydrogen-bond donors (Lipinski definition) is 0. The fourth-order valence-corrected chi connectivity index (χ4v) is 4.65. The lowest BCUT2D eigenvalue weighted by molar-refractivity contribution is -0.0843. The van der Waals surface area contributed by atoms with Gasteiger partial charge in [0.2, 0.25) is 5.88 Å². The number of anilines is 1. The van der Waals surface area contributed by atoms with Gasteiger partial charge in [-0.05, 0) is 37.0 Å². The highest BCUT2D eigenvalue weighted by atomic mass is 16.5. The summed E-state index contributed by atoms with van der Waals surface area (Å²) >= 11 is 0. The predicted octanol–water partition coefficient (Wildman–Crippen LogP) is 3.13. The molecule has 6 nitrogen and oxygen atoms in total. The molecular formula is C22H30N4O2. The van der Waals surface area contributed by atoms with Gasteiger partial charge in [-0.2, -0.15) is 0 Å². The number of likely N-dealkylation sites (tertiary alicyclic amines) is 1. The van der Waals surface area contributed by atoms with E-state index >= 15 is 0 Å². The average Bonchev–Trinajstić information content (AvgIpc) is 3.08. The molecule has 2 fully saturated rings. The molecule has 0 bridgehead atoms. The molecule has 1 saturated heterocycles. The van der Waals surface area contributed by atoms with Gasteiger partial charge in [-0.15, -0.1) is 0 Å². The highest BCUT2D eigenvalue weighted by Gasteiger charge is 2.51. The van der Waals surface area contributed by atoms with Crippen LogP contribution in [0.15, 0.2) is 42.7 Å². The van der Waals surface area contributed by atoms with Crippen LogP contribution >= 0.6 is 0 Å². The average molecular weight is 383 g/mol. The van der Waals surface area contributed by atoms with Gasteiger partial charge in [-0.25, -0.2) is 9.97 Å². The molecule has 2 aromatic heterocycles.